The Bertz CT molecular complexity index is 184. The van der Waals surface area contributed by atoms with Gasteiger partial charge in [-0.05, 0) is 39.8 Å². The van der Waals surface area contributed by atoms with Crippen LogP contribution in [0.1, 0.15) is 33.6 Å². The Hall–Kier alpha value is -0.160. The third-order valence-electron chi connectivity index (χ3n) is 3.30. The van der Waals surface area contributed by atoms with Crippen LogP contribution in [0.5, 0.6) is 0 Å². The summed E-state index contributed by atoms with van der Waals surface area (Å²) in [6, 6.07) is 0.698. The van der Waals surface area contributed by atoms with Gasteiger partial charge in [-0.1, -0.05) is 6.92 Å². The summed E-state index contributed by atoms with van der Waals surface area (Å²) in [6.07, 6.45) is 2.55. The van der Waals surface area contributed by atoms with Crippen molar-refractivity contribution in [3.8, 4) is 0 Å². The molecule has 0 aromatic carbocycles. The first-order valence-electron chi connectivity index (χ1n) is 6.99. The van der Waals surface area contributed by atoms with E-state index >= 15 is 0 Å². The SMILES string of the molecule is CCOC(CNCC1CCCN1CC)OCC. The largest absolute Gasteiger partial charge is 0.352 e. The van der Waals surface area contributed by atoms with Crippen molar-refractivity contribution in [3.05, 3.63) is 0 Å². The first-order valence-corrected chi connectivity index (χ1v) is 6.99. The molecule has 0 spiro atoms. The topological polar surface area (TPSA) is 33.7 Å². The van der Waals surface area contributed by atoms with Gasteiger partial charge >= 0.3 is 0 Å². The number of rotatable bonds is 9. The van der Waals surface area contributed by atoms with Crippen LogP contribution in [0.15, 0.2) is 0 Å². The maximum Gasteiger partial charge on any atom is 0.169 e. The summed E-state index contributed by atoms with van der Waals surface area (Å²) < 4.78 is 11.0. The van der Waals surface area contributed by atoms with E-state index in [1.807, 2.05) is 13.8 Å². The third-order valence-corrected chi connectivity index (χ3v) is 3.30. The zero-order valence-corrected chi connectivity index (χ0v) is 11.6. The van der Waals surface area contributed by atoms with E-state index in [-0.39, 0.29) is 6.29 Å². The number of nitrogens with one attached hydrogen (secondary N) is 1. The lowest BCUT2D eigenvalue weighted by molar-refractivity contribution is -0.133. The summed E-state index contributed by atoms with van der Waals surface area (Å²) >= 11 is 0. The van der Waals surface area contributed by atoms with Crippen molar-refractivity contribution < 1.29 is 9.47 Å². The minimum atomic E-state index is -0.0959. The van der Waals surface area contributed by atoms with Crippen LogP contribution in [0.3, 0.4) is 0 Å². The lowest BCUT2D eigenvalue weighted by Crippen LogP contribution is -2.41. The first kappa shape index (κ1) is 14.9. The highest BCUT2D eigenvalue weighted by molar-refractivity contribution is 4.80. The van der Waals surface area contributed by atoms with Gasteiger partial charge in [-0.2, -0.15) is 0 Å². The molecule has 0 radical (unpaired) electrons. The molecule has 4 heteroatoms. The molecular formula is C13H28N2O2. The van der Waals surface area contributed by atoms with Crippen LogP contribution < -0.4 is 5.32 Å². The molecule has 17 heavy (non-hydrogen) atoms. The lowest BCUT2D eigenvalue weighted by Gasteiger charge is -2.24. The van der Waals surface area contributed by atoms with Gasteiger partial charge in [0.15, 0.2) is 6.29 Å². The maximum absolute atomic E-state index is 5.50. The molecule has 0 bridgehead atoms. The molecule has 1 N–H and O–H groups in total. The minimum Gasteiger partial charge on any atom is -0.352 e. The molecule has 1 aliphatic rings. The number of hydrogen-bond donors (Lipinski definition) is 1. The second-order valence-corrected chi connectivity index (χ2v) is 4.42. The Labute approximate surface area is 106 Å². The summed E-state index contributed by atoms with van der Waals surface area (Å²) in [5, 5.41) is 3.47. The molecule has 1 aliphatic heterocycles. The monoisotopic (exact) mass is 244 g/mol. The normalized spacial score (nSPS) is 21.5. The molecule has 1 atom stereocenters. The van der Waals surface area contributed by atoms with Crippen molar-refractivity contribution in [2.75, 3.05) is 39.4 Å². The smallest absolute Gasteiger partial charge is 0.169 e. The highest BCUT2D eigenvalue weighted by Crippen LogP contribution is 2.15. The average Bonchev–Trinajstić information content (AvgIpc) is 2.77. The second kappa shape index (κ2) is 8.86. The summed E-state index contributed by atoms with van der Waals surface area (Å²) in [4.78, 5) is 2.55. The molecule has 0 aromatic heterocycles. The standard InChI is InChI=1S/C13H28N2O2/c1-4-15-9-7-8-12(15)10-14-11-13(16-5-2)17-6-3/h12-14H,4-11H2,1-3H3. The Balaban J connectivity index is 2.16. The highest BCUT2D eigenvalue weighted by atomic mass is 16.7. The number of ether oxygens (including phenoxy) is 2. The quantitative estimate of drug-likeness (QED) is 0.623. The Morgan fingerprint density at radius 2 is 1.94 bits per heavy atom. The van der Waals surface area contributed by atoms with Crippen LogP contribution in [0, 0.1) is 0 Å². The molecule has 1 fully saturated rings. The number of likely N-dealkylation sites (tertiary alicyclic amines) is 1. The molecule has 1 rings (SSSR count). The molecule has 1 saturated heterocycles. The van der Waals surface area contributed by atoms with Crippen molar-refractivity contribution >= 4 is 0 Å². The van der Waals surface area contributed by atoms with Gasteiger partial charge in [0.05, 0.1) is 0 Å². The van der Waals surface area contributed by atoms with E-state index in [9.17, 15) is 0 Å². The minimum absolute atomic E-state index is 0.0959. The Morgan fingerprint density at radius 1 is 1.24 bits per heavy atom. The fourth-order valence-corrected chi connectivity index (χ4v) is 2.45. The van der Waals surface area contributed by atoms with Crippen LogP contribution >= 0.6 is 0 Å². The molecular weight excluding hydrogens is 216 g/mol. The summed E-state index contributed by atoms with van der Waals surface area (Å²) in [6.45, 7) is 11.9. The van der Waals surface area contributed by atoms with E-state index in [0.29, 0.717) is 19.3 Å². The van der Waals surface area contributed by atoms with Gasteiger partial charge in [0, 0.05) is 32.3 Å². The molecule has 102 valence electrons. The Kier molecular flexibility index (Phi) is 7.77. The number of likely N-dealkylation sites (N-methyl/N-ethyl adjacent to an activating group) is 1. The predicted octanol–water partition coefficient (Wildman–Crippen LogP) is 1.46. The fourth-order valence-electron chi connectivity index (χ4n) is 2.45. The van der Waals surface area contributed by atoms with E-state index in [4.69, 9.17) is 9.47 Å². The van der Waals surface area contributed by atoms with Crippen LogP contribution in [-0.2, 0) is 9.47 Å². The van der Waals surface area contributed by atoms with Crippen LogP contribution in [0.25, 0.3) is 0 Å². The second-order valence-electron chi connectivity index (χ2n) is 4.42. The zero-order chi connectivity index (χ0) is 12.5. The highest BCUT2D eigenvalue weighted by Gasteiger charge is 2.22. The van der Waals surface area contributed by atoms with E-state index in [2.05, 4.69) is 17.1 Å². The third kappa shape index (κ3) is 5.34. The van der Waals surface area contributed by atoms with Crippen molar-refractivity contribution in [2.45, 2.75) is 45.9 Å². The zero-order valence-electron chi connectivity index (χ0n) is 11.6. The van der Waals surface area contributed by atoms with E-state index < -0.39 is 0 Å². The van der Waals surface area contributed by atoms with Gasteiger partial charge in [0.2, 0.25) is 0 Å². The van der Waals surface area contributed by atoms with E-state index in [1.165, 1.54) is 19.4 Å². The molecule has 0 amide bonds. The molecule has 1 heterocycles. The molecule has 0 aliphatic carbocycles. The molecule has 1 unspecified atom stereocenters. The van der Waals surface area contributed by atoms with Gasteiger partial charge in [-0.25, -0.2) is 0 Å². The van der Waals surface area contributed by atoms with Crippen LogP contribution in [-0.4, -0.2) is 56.6 Å². The van der Waals surface area contributed by atoms with Gasteiger partial charge in [0.1, 0.15) is 0 Å². The van der Waals surface area contributed by atoms with Gasteiger partial charge in [0.25, 0.3) is 0 Å². The van der Waals surface area contributed by atoms with Crippen LogP contribution in [0.2, 0.25) is 0 Å². The maximum atomic E-state index is 5.50. The van der Waals surface area contributed by atoms with Gasteiger partial charge in [-0.15, -0.1) is 0 Å². The lowest BCUT2D eigenvalue weighted by atomic mass is 10.2. The number of hydrogen-bond acceptors (Lipinski definition) is 4. The number of nitrogens with zero attached hydrogens (tertiary/aromatic N) is 1. The van der Waals surface area contributed by atoms with Gasteiger partial charge in [-0.3, -0.25) is 4.90 Å². The fraction of sp³-hybridized carbons (Fsp3) is 1.00. The van der Waals surface area contributed by atoms with Gasteiger partial charge < -0.3 is 14.8 Å². The van der Waals surface area contributed by atoms with Crippen molar-refractivity contribution in [2.24, 2.45) is 0 Å². The average molecular weight is 244 g/mol. The summed E-state index contributed by atoms with van der Waals surface area (Å²) in [7, 11) is 0. The van der Waals surface area contributed by atoms with Crippen molar-refractivity contribution in [3.63, 3.8) is 0 Å². The summed E-state index contributed by atoms with van der Waals surface area (Å²) in [5.41, 5.74) is 0. The predicted molar refractivity (Wildman–Crippen MR) is 70.2 cm³/mol. The molecule has 4 nitrogen and oxygen atoms in total. The Morgan fingerprint density at radius 3 is 2.53 bits per heavy atom. The first-order chi connectivity index (χ1) is 8.31. The van der Waals surface area contributed by atoms with E-state index in [0.717, 1.165) is 19.6 Å². The van der Waals surface area contributed by atoms with Crippen molar-refractivity contribution in [1.29, 1.82) is 0 Å². The van der Waals surface area contributed by atoms with E-state index in [1.54, 1.807) is 0 Å². The van der Waals surface area contributed by atoms with Crippen molar-refractivity contribution in [1.82, 2.24) is 10.2 Å². The molecule has 0 saturated carbocycles. The molecule has 0 aromatic rings. The van der Waals surface area contributed by atoms with Crippen LogP contribution in [0.4, 0.5) is 0 Å². The summed E-state index contributed by atoms with van der Waals surface area (Å²) in [5.74, 6) is 0.